The molecule has 0 saturated carbocycles. The molecule has 3 nitrogen and oxygen atoms in total. The third-order valence-electron chi connectivity index (χ3n) is 2.87. The van der Waals surface area contributed by atoms with Crippen molar-refractivity contribution in [3.63, 3.8) is 0 Å². The van der Waals surface area contributed by atoms with E-state index in [2.05, 4.69) is 16.7 Å². The molecule has 1 aromatic carbocycles. The van der Waals surface area contributed by atoms with E-state index in [0.717, 1.165) is 18.5 Å². The van der Waals surface area contributed by atoms with Crippen molar-refractivity contribution >= 4 is 5.91 Å². The van der Waals surface area contributed by atoms with Crippen LogP contribution in [0.15, 0.2) is 24.3 Å². The molecule has 0 spiro atoms. The number of carbonyl (C=O) groups is 1. The lowest BCUT2D eigenvalue weighted by Crippen LogP contribution is -2.48. The zero-order valence-corrected chi connectivity index (χ0v) is 10.7. The molecule has 1 amide bonds. The maximum absolute atomic E-state index is 12.2. The number of carbonyl (C=O) groups excluding carboxylic acids is 1. The van der Waals surface area contributed by atoms with Crippen molar-refractivity contribution < 1.29 is 4.79 Å². The van der Waals surface area contributed by atoms with E-state index in [1.807, 2.05) is 39.0 Å². The highest BCUT2D eigenvalue weighted by molar-refractivity contribution is 5.84. The van der Waals surface area contributed by atoms with E-state index >= 15 is 0 Å². The molecule has 0 aliphatic carbocycles. The van der Waals surface area contributed by atoms with Gasteiger partial charge in [0.2, 0.25) is 5.91 Å². The predicted molar refractivity (Wildman–Crippen MR) is 68.8 cm³/mol. The van der Waals surface area contributed by atoms with Gasteiger partial charge in [-0.3, -0.25) is 4.79 Å². The number of benzene rings is 1. The van der Waals surface area contributed by atoms with Gasteiger partial charge in [0.15, 0.2) is 0 Å². The molecule has 1 aromatic rings. The first-order valence-electron chi connectivity index (χ1n) is 6.10. The van der Waals surface area contributed by atoms with Crippen LogP contribution in [-0.2, 0) is 11.2 Å². The Hall–Kier alpha value is -1.35. The van der Waals surface area contributed by atoms with Gasteiger partial charge in [-0.15, -0.1) is 0 Å². The Morgan fingerprint density at radius 3 is 2.76 bits per heavy atom. The lowest BCUT2D eigenvalue weighted by atomic mass is 9.93. The molecule has 17 heavy (non-hydrogen) atoms. The van der Waals surface area contributed by atoms with E-state index in [9.17, 15) is 4.79 Å². The quantitative estimate of drug-likeness (QED) is 0.775. The first-order valence-corrected chi connectivity index (χ1v) is 6.10. The summed E-state index contributed by atoms with van der Waals surface area (Å²) in [6.45, 7) is 6.86. The summed E-state index contributed by atoms with van der Waals surface area (Å²) >= 11 is 0. The van der Waals surface area contributed by atoms with Gasteiger partial charge in [0, 0.05) is 12.1 Å². The van der Waals surface area contributed by atoms with Crippen molar-refractivity contribution in [2.24, 2.45) is 0 Å². The summed E-state index contributed by atoms with van der Waals surface area (Å²) in [6, 6.07) is 7.95. The van der Waals surface area contributed by atoms with E-state index in [4.69, 9.17) is 0 Å². The molecule has 0 aromatic heterocycles. The number of fused-ring (bicyclic) bond motifs is 1. The fraction of sp³-hybridized carbons (Fsp3) is 0.500. The molecule has 1 unspecified atom stereocenters. The third kappa shape index (κ3) is 2.86. The van der Waals surface area contributed by atoms with E-state index in [1.165, 1.54) is 5.56 Å². The molecule has 0 bridgehead atoms. The summed E-state index contributed by atoms with van der Waals surface area (Å²) in [5, 5.41) is 6.31. The van der Waals surface area contributed by atoms with Crippen LogP contribution in [0.1, 0.15) is 37.9 Å². The second-order valence-corrected chi connectivity index (χ2v) is 5.58. The van der Waals surface area contributed by atoms with Crippen LogP contribution < -0.4 is 10.6 Å². The number of amides is 1. The SMILES string of the molecule is CC(C)(C)NC(=O)C1NCCc2ccccc21. The number of hydrogen-bond acceptors (Lipinski definition) is 2. The molecule has 0 saturated heterocycles. The molecule has 0 radical (unpaired) electrons. The topological polar surface area (TPSA) is 41.1 Å². The van der Waals surface area contributed by atoms with Crippen molar-refractivity contribution in [1.29, 1.82) is 0 Å². The molecule has 92 valence electrons. The molecular formula is C14H20N2O. The summed E-state index contributed by atoms with van der Waals surface area (Å²) in [4.78, 5) is 12.2. The van der Waals surface area contributed by atoms with Crippen molar-refractivity contribution in [1.82, 2.24) is 10.6 Å². The van der Waals surface area contributed by atoms with Gasteiger partial charge in [0.25, 0.3) is 0 Å². The lowest BCUT2D eigenvalue weighted by Gasteiger charge is -2.29. The Morgan fingerprint density at radius 2 is 2.06 bits per heavy atom. The van der Waals surface area contributed by atoms with Crippen LogP contribution in [0.3, 0.4) is 0 Å². The van der Waals surface area contributed by atoms with Crippen LogP contribution in [0.4, 0.5) is 0 Å². The fourth-order valence-electron chi connectivity index (χ4n) is 2.18. The van der Waals surface area contributed by atoms with Gasteiger partial charge in [-0.25, -0.2) is 0 Å². The van der Waals surface area contributed by atoms with Gasteiger partial charge in [-0.1, -0.05) is 24.3 Å². The smallest absolute Gasteiger partial charge is 0.242 e. The number of hydrogen-bond donors (Lipinski definition) is 2. The average molecular weight is 232 g/mol. The monoisotopic (exact) mass is 232 g/mol. The lowest BCUT2D eigenvalue weighted by molar-refractivity contribution is -0.124. The minimum atomic E-state index is -0.209. The van der Waals surface area contributed by atoms with Crippen LogP contribution in [0, 0.1) is 0 Å². The molecule has 1 aliphatic heterocycles. The second-order valence-electron chi connectivity index (χ2n) is 5.58. The molecule has 0 fully saturated rings. The minimum absolute atomic E-state index is 0.0599. The van der Waals surface area contributed by atoms with Crippen molar-refractivity contribution in [3.05, 3.63) is 35.4 Å². The largest absolute Gasteiger partial charge is 0.350 e. The van der Waals surface area contributed by atoms with Crippen LogP contribution in [0.25, 0.3) is 0 Å². The Balaban J connectivity index is 2.21. The predicted octanol–water partition coefficient (Wildman–Crippen LogP) is 1.79. The highest BCUT2D eigenvalue weighted by Crippen LogP contribution is 2.23. The zero-order chi connectivity index (χ0) is 12.5. The summed E-state index contributed by atoms with van der Waals surface area (Å²) in [5.74, 6) is 0.0599. The van der Waals surface area contributed by atoms with Gasteiger partial charge in [0.1, 0.15) is 6.04 Å². The number of rotatable bonds is 1. The first kappa shape index (κ1) is 12.1. The minimum Gasteiger partial charge on any atom is -0.350 e. The maximum atomic E-state index is 12.2. The Kier molecular flexibility index (Phi) is 3.20. The van der Waals surface area contributed by atoms with Gasteiger partial charge < -0.3 is 10.6 Å². The molecule has 2 N–H and O–H groups in total. The molecular weight excluding hydrogens is 212 g/mol. The van der Waals surface area contributed by atoms with Crippen LogP contribution >= 0.6 is 0 Å². The first-order chi connectivity index (χ1) is 7.97. The molecule has 3 heteroatoms. The highest BCUT2D eigenvalue weighted by atomic mass is 16.2. The summed E-state index contributed by atoms with van der Waals surface area (Å²) in [5.41, 5.74) is 2.20. The van der Waals surface area contributed by atoms with Crippen LogP contribution in [0.5, 0.6) is 0 Å². The second kappa shape index (κ2) is 4.49. The summed E-state index contributed by atoms with van der Waals surface area (Å²) < 4.78 is 0. The zero-order valence-electron chi connectivity index (χ0n) is 10.7. The van der Waals surface area contributed by atoms with E-state index < -0.39 is 0 Å². The van der Waals surface area contributed by atoms with Crippen molar-refractivity contribution in [2.45, 2.75) is 38.8 Å². The van der Waals surface area contributed by atoms with E-state index in [-0.39, 0.29) is 17.5 Å². The van der Waals surface area contributed by atoms with E-state index in [1.54, 1.807) is 0 Å². The third-order valence-corrected chi connectivity index (χ3v) is 2.87. The molecule has 1 aliphatic rings. The molecule has 2 rings (SSSR count). The summed E-state index contributed by atoms with van der Waals surface area (Å²) in [7, 11) is 0. The van der Waals surface area contributed by atoms with Gasteiger partial charge in [-0.2, -0.15) is 0 Å². The molecule has 1 atom stereocenters. The van der Waals surface area contributed by atoms with E-state index in [0.29, 0.717) is 0 Å². The highest BCUT2D eigenvalue weighted by Gasteiger charge is 2.27. The molecule has 1 heterocycles. The average Bonchev–Trinajstić information content (AvgIpc) is 2.26. The Bertz CT molecular complexity index is 420. The normalized spacial score (nSPS) is 19.6. The van der Waals surface area contributed by atoms with Gasteiger partial charge in [0.05, 0.1) is 0 Å². The fourth-order valence-corrected chi connectivity index (χ4v) is 2.18. The Labute approximate surface area is 103 Å². The van der Waals surface area contributed by atoms with Gasteiger partial charge in [-0.05, 0) is 38.3 Å². The van der Waals surface area contributed by atoms with Crippen LogP contribution in [-0.4, -0.2) is 18.0 Å². The van der Waals surface area contributed by atoms with Gasteiger partial charge >= 0.3 is 0 Å². The van der Waals surface area contributed by atoms with Crippen molar-refractivity contribution in [3.8, 4) is 0 Å². The summed E-state index contributed by atoms with van der Waals surface area (Å²) in [6.07, 6.45) is 0.996. The van der Waals surface area contributed by atoms with Crippen molar-refractivity contribution in [2.75, 3.05) is 6.54 Å². The Morgan fingerprint density at radius 1 is 1.35 bits per heavy atom. The number of nitrogens with one attached hydrogen (secondary N) is 2. The maximum Gasteiger partial charge on any atom is 0.242 e. The van der Waals surface area contributed by atoms with Crippen LogP contribution in [0.2, 0.25) is 0 Å². The standard InChI is InChI=1S/C14H20N2O/c1-14(2,3)16-13(17)12-11-7-5-4-6-10(11)8-9-15-12/h4-7,12,15H,8-9H2,1-3H3,(H,16,17).